The largest absolute Gasteiger partial charge is 0.253 e. The van der Waals surface area contributed by atoms with Crippen molar-refractivity contribution in [3.05, 3.63) is 29.0 Å². The van der Waals surface area contributed by atoms with E-state index in [1.54, 1.807) is 12.4 Å². The fraction of sp³-hybridized carbons (Fsp3) is 0.273. The van der Waals surface area contributed by atoms with Crippen LogP contribution in [0.25, 0.3) is 11.0 Å². The molecule has 0 aliphatic heterocycles. The molecule has 4 heteroatoms. The van der Waals surface area contributed by atoms with Gasteiger partial charge < -0.3 is 0 Å². The van der Waals surface area contributed by atoms with Gasteiger partial charge >= 0.3 is 0 Å². The van der Waals surface area contributed by atoms with Crippen LogP contribution >= 0.6 is 15.9 Å². The lowest BCUT2D eigenvalue weighted by atomic mass is 10.3. The van der Waals surface area contributed by atoms with E-state index < -0.39 is 8.07 Å². The first-order chi connectivity index (χ1) is 7.00. The third kappa shape index (κ3) is 1.96. The number of aromatic nitrogens is 2. The van der Waals surface area contributed by atoms with E-state index in [9.17, 15) is 0 Å². The molecule has 1 aromatic heterocycles. The molecule has 0 fully saturated rings. The van der Waals surface area contributed by atoms with Crippen LogP contribution in [-0.2, 0) is 0 Å². The molecule has 1 aromatic carbocycles. The third-order valence-electron chi connectivity index (χ3n) is 2.38. The predicted molar refractivity (Wildman–Crippen MR) is 70.2 cm³/mol. The SMILES string of the molecule is C[Si](C)(C)c1ccc(Br)c2nccnc12. The molecule has 0 aliphatic rings. The molecule has 0 saturated heterocycles. The highest BCUT2D eigenvalue weighted by Gasteiger charge is 2.20. The Bertz CT molecular complexity index is 505. The number of benzene rings is 1. The molecule has 15 heavy (non-hydrogen) atoms. The van der Waals surface area contributed by atoms with E-state index in [0.717, 1.165) is 15.5 Å². The summed E-state index contributed by atoms with van der Waals surface area (Å²) >= 11 is 3.51. The third-order valence-corrected chi connectivity index (χ3v) is 5.04. The minimum Gasteiger partial charge on any atom is -0.253 e. The first kappa shape index (κ1) is 10.8. The van der Waals surface area contributed by atoms with Gasteiger partial charge in [0, 0.05) is 16.9 Å². The van der Waals surface area contributed by atoms with Crippen LogP contribution in [0.1, 0.15) is 0 Å². The Morgan fingerprint density at radius 3 is 2.20 bits per heavy atom. The molecule has 0 spiro atoms. The fourth-order valence-electron chi connectivity index (χ4n) is 1.63. The zero-order chi connectivity index (χ0) is 11.1. The lowest BCUT2D eigenvalue weighted by molar-refractivity contribution is 1.29. The van der Waals surface area contributed by atoms with E-state index in [4.69, 9.17) is 0 Å². The molecule has 0 saturated carbocycles. The zero-order valence-electron chi connectivity index (χ0n) is 9.08. The number of nitrogens with zero attached hydrogens (tertiary/aromatic N) is 2. The first-order valence-corrected chi connectivity index (χ1v) is 9.19. The maximum absolute atomic E-state index is 4.45. The molecular weight excluding hydrogens is 268 g/mol. The monoisotopic (exact) mass is 280 g/mol. The van der Waals surface area contributed by atoms with E-state index in [1.807, 2.05) is 0 Å². The second kappa shape index (κ2) is 3.68. The number of halogens is 1. The van der Waals surface area contributed by atoms with Gasteiger partial charge in [0.15, 0.2) is 0 Å². The van der Waals surface area contributed by atoms with Crippen LogP contribution in [0.15, 0.2) is 29.0 Å². The van der Waals surface area contributed by atoms with E-state index >= 15 is 0 Å². The van der Waals surface area contributed by atoms with Gasteiger partial charge in [0.1, 0.15) is 5.52 Å². The van der Waals surface area contributed by atoms with Crippen LogP contribution in [-0.4, -0.2) is 18.0 Å². The van der Waals surface area contributed by atoms with E-state index in [-0.39, 0.29) is 0 Å². The van der Waals surface area contributed by atoms with Crippen LogP contribution in [0.4, 0.5) is 0 Å². The predicted octanol–water partition coefficient (Wildman–Crippen LogP) is 2.94. The van der Waals surface area contributed by atoms with Crippen molar-refractivity contribution in [2.75, 3.05) is 0 Å². The summed E-state index contributed by atoms with van der Waals surface area (Å²) in [6, 6.07) is 4.25. The molecule has 0 amide bonds. The van der Waals surface area contributed by atoms with Crippen molar-refractivity contribution in [1.82, 2.24) is 9.97 Å². The zero-order valence-corrected chi connectivity index (χ0v) is 11.7. The second-order valence-corrected chi connectivity index (χ2v) is 10.5. The average molecular weight is 281 g/mol. The molecule has 0 N–H and O–H groups in total. The van der Waals surface area contributed by atoms with Crippen LogP contribution in [0, 0.1) is 0 Å². The number of fused-ring (bicyclic) bond motifs is 1. The van der Waals surface area contributed by atoms with Crippen molar-refractivity contribution >= 4 is 40.2 Å². The highest BCUT2D eigenvalue weighted by Crippen LogP contribution is 2.20. The minimum atomic E-state index is -1.34. The molecule has 78 valence electrons. The lowest BCUT2D eigenvalue weighted by Crippen LogP contribution is -2.38. The Hall–Kier alpha value is -0.743. The van der Waals surface area contributed by atoms with Crippen molar-refractivity contribution in [3.63, 3.8) is 0 Å². The van der Waals surface area contributed by atoms with Gasteiger partial charge in [-0.2, -0.15) is 0 Å². The van der Waals surface area contributed by atoms with E-state index in [0.29, 0.717) is 0 Å². The maximum atomic E-state index is 4.45. The molecule has 0 bridgehead atoms. The summed E-state index contributed by atoms with van der Waals surface area (Å²) in [7, 11) is -1.34. The highest BCUT2D eigenvalue weighted by molar-refractivity contribution is 9.10. The molecule has 0 unspecified atom stereocenters. The quantitative estimate of drug-likeness (QED) is 0.751. The van der Waals surface area contributed by atoms with Crippen LogP contribution < -0.4 is 5.19 Å². The van der Waals surface area contributed by atoms with Gasteiger partial charge in [0.25, 0.3) is 0 Å². The summed E-state index contributed by atoms with van der Waals surface area (Å²) < 4.78 is 1.02. The summed E-state index contributed by atoms with van der Waals surface area (Å²) in [5, 5.41) is 1.37. The van der Waals surface area contributed by atoms with Gasteiger partial charge in [-0.15, -0.1) is 0 Å². The first-order valence-electron chi connectivity index (χ1n) is 4.90. The fourth-order valence-corrected chi connectivity index (χ4v) is 3.53. The minimum absolute atomic E-state index is 0.970. The van der Waals surface area contributed by atoms with Gasteiger partial charge in [0.05, 0.1) is 13.6 Å². The van der Waals surface area contributed by atoms with Crippen molar-refractivity contribution in [2.45, 2.75) is 19.6 Å². The molecule has 0 aliphatic carbocycles. The van der Waals surface area contributed by atoms with Gasteiger partial charge in [-0.1, -0.05) is 25.7 Å². The topological polar surface area (TPSA) is 25.8 Å². The highest BCUT2D eigenvalue weighted by atomic mass is 79.9. The summed E-state index contributed by atoms with van der Waals surface area (Å²) in [4.78, 5) is 8.82. The Morgan fingerprint density at radius 2 is 1.60 bits per heavy atom. The Morgan fingerprint density at radius 1 is 1.00 bits per heavy atom. The molecule has 0 radical (unpaired) electrons. The normalized spacial score (nSPS) is 12.0. The van der Waals surface area contributed by atoms with Gasteiger partial charge in [0.2, 0.25) is 0 Å². The summed E-state index contributed by atoms with van der Waals surface area (Å²) in [5.41, 5.74) is 2.02. The summed E-state index contributed by atoms with van der Waals surface area (Å²) in [6.45, 7) is 6.97. The average Bonchev–Trinajstić information content (AvgIpc) is 2.17. The molecule has 2 aromatic rings. The van der Waals surface area contributed by atoms with Crippen LogP contribution in [0.2, 0.25) is 19.6 Å². The molecule has 2 rings (SSSR count). The lowest BCUT2D eigenvalue weighted by Gasteiger charge is -2.18. The number of hydrogen-bond acceptors (Lipinski definition) is 2. The Labute approximate surface area is 98.9 Å². The molecule has 1 heterocycles. The van der Waals surface area contributed by atoms with E-state index in [2.05, 4.69) is 57.7 Å². The van der Waals surface area contributed by atoms with Crippen LogP contribution in [0.5, 0.6) is 0 Å². The molecule has 0 atom stereocenters. The van der Waals surface area contributed by atoms with Crippen molar-refractivity contribution in [3.8, 4) is 0 Å². The number of hydrogen-bond donors (Lipinski definition) is 0. The van der Waals surface area contributed by atoms with Gasteiger partial charge in [-0.05, 0) is 27.2 Å². The standard InChI is InChI=1S/C11H13BrN2Si/c1-15(2,3)9-5-4-8(12)10-11(9)14-7-6-13-10/h4-7H,1-3H3. The summed E-state index contributed by atoms with van der Waals surface area (Å²) in [5.74, 6) is 0. The van der Waals surface area contributed by atoms with Crippen LogP contribution in [0.3, 0.4) is 0 Å². The Balaban J connectivity index is 2.84. The van der Waals surface area contributed by atoms with Gasteiger partial charge in [-0.3, -0.25) is 9.97 Å². The second-order valence-electron chi connectivity index (χ2n) is 4.60. The summed E-state index contributed by atoms with van der Waals surface area (Å²) in [6.07, 6.45) is 3.50. The van der Waals surface area contributed by atoms with Crippen molar-refractivity contribution in [2.24, 2.45) is 0 Å². The Kier molecular flexibility index (Phi) is 2.64. The molecule has 2 nitrogen and oxygen atoms in total. The van der Waals surface area contributed by atoms with Crippen molar-refractivity contribution in [1.29, 1.82) is 0 Å². The smallest absolute Gasteiger partial charge is 0.103 e. The van der Waals surface area contributed by atoms with Gasteiger partial charge in [-0.25, -0.2) is 0 Å². The maximum Gasteiger partial charge on any atom is 0.103 e. The van der Waals surface area contributed by atoms with Crippen molar-refractivity contribution < 1.29 is 0 Å². The molecular formula is C11H13BrN2Si. The number of rotatable bonds is 1. The van der Waals surface area contributed by atoms with E-state index in [1.165, 1.54) is 5.19 Å².